The minimum Gasteiger partial charge on any atom is -0.500 e. The third kappa shape index (κ3) is 7.69. The van der Waals surface area contributed by atoms with Gasteiger partial charge in [-0.05, 0) is 51.6 Å². The van der Waals surface area contributed by atoms with Crippen LogP contribution < -0.4 is 5.19 Å². The normalized spacial score (nSPS) is 13.6. The molecule has 0 bridgehead atoms. The number of hydrogen-bond acceptors (Lipinski definition) is 3. The van der Waals surface area contributed by atoms with Crippen molar-refractivity contribution >= 4 is 35.2 Å². The summed E-state index contributed by atoms with van der Waals surface area (Å²) < 4.78 is 50.2. The minimum atomic E-state index is -2.13. The maximum absolute atomic E-state index is 13.5. The van der Waals surface area contributed by atoms with Gasteiger partial charge < -0.3 is 14.4 Å². The molecule has 0 unspecified atom stereocenters. The molecule has 3 nitrogen and oxygen atoms in total. The number of nitrogens with zero attached hydrogens (tertiary/aromatic N) is 2. The number of fused-ring (bicyclic) bond motifs is 3. The van der Waals surface area contributed by atoms with Gasteiger partial charge in [-0.3, -0.25) is 0 Å². The van der Waals surface area contributed by atoms with E-state index in [1.807, 2.05) is 50.5 Å². The van der Waals surface area contributed by atoms with Gasteiger partial charge in [-0.1, -0.05) is 89.8 Å². The summed E-state index contributed by atoms with van der Waals surface area (Å²) in [6.07, 6.45) is 3.70. The molecule has 6 aromatic rings. The number of rotatable bonds is 4. The van der Waals surface area contributed by atoms with Crippen LogP contribution in [0.5, 0.6) is 0 Å². The summed E-state index contributed by atoms with van der Waals surface area (Å²) in [7, 11) is -1.61. The predicted molar refractivity (Wildman–Crippen MR) is 185 cm³/mol. The van der Waals surface area contributed by atoms with Gasteiger partial charge in [-0.15, -0.1) is 53.6 Å². The summed E-state index contributed by atoms with van der Waals surface area (Å²) >= 11 is 0. The van der Waals surface area contributed by atoms with Crippen LogP contribution in [0.15, 0.2) is 83.5 Å². The Hall–Kier alpha value is -3.44. The molecule has 3 aromatic heterocycles. The van der Waals surface area contributed by atoms with Gasteiger partial charge in [0, 0.05) is 49.4 Å². The van der Waals surface area contributed by atoms with E-state index in [-0.39, 0.29) is 36.9 Å². The Labute approximate surface area is 287 Å². The van der Waals surface area contributed by atoms with E-state index in [4.69, 9.17) is 9.90 Å². The number of benzene rings is 3. The second kappa shape index (κ2) is 13.5. The first-order valence-corrected chi connectivity index (χ1v) is 18.3. The zero-order chi connectivity index (χ0) is 35.2. The van der Waals surface area contributed by atoms with E-state index in [0.717, 1.165) is 38.9 Å². The van der Waals surface area contributed by atoms with Crippen molar-refractivity contribution in [3.63, 3.8) is 0 Å². The molecule has 6 rings (SSSR count). The molecule has 0 saturated heterocycles. The zero-order valence-corrected chi connectivity index (χ0v) is 30.4. The molecule has 1 radical (unpaired) electrons. The average Bonchev–Trinajstić information content (AvgIpc) is 3.37. The van der Waals surface area contributed by atoms with Crippen LogP contribution >= 0.6 is 0 Å². The molecule has 3 heterocycles. The first-order chi connectivity index (χ1) is 22.2. The zero-order valence-electron chi connectivity index (χ0n) is 31.0. The number of pyridine rings is 2. The Morgan fingerprint density at radius 3 is 2.36 bits per heavy atom. The maximum atomic E-state index is 13.5. The van der Waals surface area contributed by atoms with Crippen molar-refractivity contribution < 1.29 is 34.4 Å². The van der Waals surface area contributed by atoms with Crippen molar-refractivity contribution in [2.24, 2.45) is 0 Å². The largest absolute Gasteiger partial charge is 0.500 e. The topological polar surface area (TPSA) is 38.9 Å². The molecule has 0 amide bonds. The number of halogens is 1. The number of aryl methyl sites for hydroxylation is 1. The molecule has 0 aliphatic rings. The molecule has 235 valence electrons. The van der Waals surface area contributed by atoms with Gasteiger partial charge in [0.1, 0.15) is 11.4 Å². The smallest absolute Gasteiger partial charge is 0.126 e. The second-order valence-electron chi connectivity index (χ2n) is 13.4. The fourth-order valence-corrected chi connectivity index (χ4v) is 6.72. The van der Waals surface area contributed by atoms with Gasteiger partial charge in [0.2, 0.25) is 0 Å². The van der Waals surface area contributed by atoms with Crippen molar-refractivity contribution in [3.8, 4) is 22.5 Å². The van der Waals surface area contributed by atoms with Crippen molar-refractivity contribution in [1.29, 1.82) is 0 Å². The van der Waals surface area contributed by atoms with Gasteiger partial charge >= 0.3 is 0 Å². The number of aromatic nitrogens is 2. The standard InChI is InChI=1S/C21H17FNO.C18H24NSi.Ir/c1-21(2,3)13-9-10-23-18(11-13)17-6-4-5-16-15-8-7-14(22)12-19(15)24-20(16)17;1-13(2)16-11-17(15-9-7-14(3)8-10-15)19-12-18(16)20(4,5)6;/h4-5,7-12H,1-3H3;7-9,11-13H,1-6H3;/q2*-1;/i;3D3,13D;. The summed E-state index contributed by atoms with van der Waals surface area (Å²) in [5.41, 5.74) is 6.80. The second-order valence-corrected chi connectivity index (χ2v) is 18.4. The number of hydrogen-bond donors (Lipinski definition) is 0. The van der Waals surface area contributed by atoms with Crippen molar-refractivity contribution in [1.82, 2.24) is 9.97 Å². The molecule has 0 saturated carbocycles. The van der Waals surface area contributed by atoms with E-state index in [1.165, 1.54) is 28.9 Å². The quantitative estimate of drug-likeness (QED) is 0.132. The van der Waals surface area contributed by atoms with Crippen LogP contribution in [0, 0.1) is 24.8 Å². The van der Waals surface area contributed by atoms with Crippen LogP contribution in [0.1, 0.15) is 62.7 Å². The first kappa shape index (κ1) is 29.0. The molecule has 0 fully saturated rings. The van der Waals surface area contributed by atoms with Crippen LogP contribution in [0.4, 0.5) is 4.39 Å². The summed E-state index contributed by atoms with van der Waals surface area (Å²) in [6.45, 7) is 14.9. The molecule has 0 aliphatic carbocycles. The van der Waals surface area contributed by atoms with Gasteiger partial charge in [-0.2, -0.15) is 0 Å². The fraction of sp³-hybridized carbons (Fsp3) is 0.282. The molecule has 6 heteroatoms. The number of furan rings is 1. The molecular weight excluding hydrogens is 752 g/mol. The van der Waals surface area contributed by atoms with Crippen molar-refractivity contribution in [2.75, 3.05) is 0 Å². The Bertz CT molecular complexity index is 2090. The summed E-state index contributed by atoms with van der Waals surface area (Å²) in [6, 6.07) is 25.6. The Kier molecular flexibility index (Phi) is 8.70. The van der Waals surface area contributed by atoms with Crippen LogP contribution in [0.2, 0.25) is 19.6 Å². The van der Waals surface area contributed by atoms with E-state index < -0.39 is 20.8 Å². The van der Waals surface area contributed by atoms with E-state index >= 15 is 0 Å². The molecular formula is C39H41FIrN2OSi-2. The van der Waals surface area contributed by atoms with Crippen molar-refractivity contribution in [3.05, 3.63) is 114 Å². The van der Waals surface area contributed by atoms with Crippen LogP contribution in [-0.4, -0.2) is 18.0 Å². The van der Waals surface area contributed by atoms with Gasteiger partial charge in [0.25, 0.3) is 0 Å². The Morgan fingerprint density at radius 1 is 0.933 bits per heavy atom. The molecule has 0 N–H and O–H groups in total. The van der Waals surface area contributed by atoms with E-state index in [0.29, 0.717) is 11.2 Å². The monoisotopic (exact) mass is 797 g/mol. The summed E-state index contributed by atoms with van der Waals surface area (Å²) in [5, 5.41) is 3.03. The van der Waals surface area contributed by atoms with E-state index in [2.05, 4.69) is 68.6 Å². The van der Waals surface area contributed by atoms with Gasteiger partial charge in [-0.25, -0.2) is 4.39 Å². The fourth-order valence-electron chi connectivity index (χ4n) is 5.14. The summed E-state index contributed by atoms with van der Waals surface area (Å²) in [4.78, 5) is 9.06. The Morgan fingerprint density at radius 2 is 1.71 bits per heavy atom. The van der Waals surface area contributed by atoms with Gasteiger partial charge in [0.15, 0.2) is 0 Å². The van der Waals surface area contributed by atoms with Gasteiger partial charge in [0.05, 0.1) is 13.7 Å². The molecule has 0 aliphatic heterocycles. The van der Waals surface area contributed by atoms with Crippen LogP contribution in [-0.2, 0) is 25.5 Å². The minimum absolute atomic E-state index is 0. The molecule has 0 spiro atoms. The summed E-state index contributed by atoms with van der Waals surface area (Å²) in [5.74, 6) is -1.02. The van der Waals surface area contributed by atoms with E-state index in [9.17, 15) is 4.39 Å². The average molecular weight is 797 g/mol. The first-order valence-electron chi connectivity index (χ1n) is 16.8. The SMILES string of the molecule is CC(C)(C)c1ccnc(-c2[c-]ccc3c2oc2cc(F)ccc23)c1.[2H]C([2H])([2H])c1c[c-]c(-c2cc(C([2H])(C)C)c([Si](C)(C)C)cn2)cc1.[Ir]. The Balaban J connectivity index is 0.000000216. The predicted octanol–water partition coefficient (Wildman–Crippen LogP) is 10.4. The van der Waals surface area contributed by atoms with Crippen LogP contribution in [0.25, 0.3) is 44.5 Å². The third-order valence-electron chi connectivity index (χ3n) is 7.62. The molecule has 0 atom stereocenters. The van der Waals surface area contributed by atoms with Crippen LogP contribution in [0.3, 0.4) is 0 Å². The maximum Gasteiger partial charge on any atom is 0.126 e. The van der Waals surface area contributed by atoms with Crippen molar-refractivity contribution in [2.45, 2.75) is 72.4 Å². The molecule has 45 heavy (non-hydrogen) atoms. The van der Waals surface area contributed by atoms with E-state index in [1.54, 1.807) is 18.2 Å². The third-order valence-corrected chi connectivity index (χ3v) is 9.63. The molecule has 3 aromatic carbocycles.